The van der Waals surface area contributed by atoms with Gasteiger partial charge in [-0.2, -0.15) is 0 Å². The van der Waals surface area contributed by atoms with Crippen LogP contribution < -0.4 is 22.7 Å². The van der Waals surface area contributed by atoms with Crippen molar-refractivity contribution in [2.75, 3.05) is 26.2 Å². The highest BCUT2D eigenvalue weighted by molar-refractivity contribution is 5.91. The molecular weight excluding hydrogens is 466 g/mol. The monoisotopic (exact) mass is 497 g/mol. The van der Waals surface area contributed by atoms with Crippen molar-refractivity contribution in [3.05, 3.63) is 71.8 Å². The zero-order chi connectivity index (χ0) is 21.4. The highest BCUT2D eigenvalue weighted by Crippen LogP contribution is 2.48. The maximum absolute atomic E-state index is 13.3. The second kappa shape index (κ2) is 9.36. The highest BCUT2D eigenvalue weighted by atomic mass is 79.9. The minimum atomic E-state index is -0.799. The molecule has 170 valence electrons. The average molecular weight is 498 g/mol. The number of carbonyl (C=O) groups excluding carboxylic acids is 1. The number of hydrogen-bond acceptors (Lipinski definition) is 3. The van der Waals surface area contributed by atoms with Crippen LogP contribution in [0.25, 0.3) is 0 Å². The molecule has 0 spiro atoms. The Morgan fingerprint density at radius 1 is 1.09 bits per heavy atom. The number of nitrogens with zero attached hydrogens (tertiary/aromatic N) is 2. The van der Waals surface area contributed by atoms with E-state index in [4.69, 9.17) is 10.5 Å². The molecule has 0 radical (unpaired) electrons. The van der Waals surface area contributed by atoms with Crippen LogP contribution >= 0.6 is 0 Å². The zero-order valence-corrected chi connectivity index (χ0v) is 20.2. The first-order chi connectivity index (χ1) is 15.1. The van der Waals surface area contributed by atoms with Gasteiger partial charge in [-0.25, -0.2) is 0 Å². The lowest BCUT2D eigenvalue weighted by molar-refractivity contribution is -0.520. The highest BCUT2D eigenvalue weighted by Gasteiger charge is 2.52. The summed E-state index contributed by atoms with van der Waals surface area (Å²) in [5.41, 5.74) is 7.46. The molecular formula is C26H32BrN3O2. The fourth-order valence-corrected chi connectivity index (χ4v) is 5.98. The fourth-order valence-electron chi connectivity index (χ4n) is 5.98. The number of epoxide rings is 1. The van der Waals surface area contributed by atoms with Crippen LogP contribution in [0.2, 0.25) is 0 Å². The molecule has 2 N–H and O–H groups in total. The maximum atomic E-state index is 13.3. The topological polar surface area (TPSA) is 61.9 Å². The minimum absolute atomic E-state index is 0. The van der Waals surface area contributed by atoms with Gasteiger partial charge in [0.05, 0.1) is 12.6 Å². The van der Waals surface area contributed by atoms with Crippen molar-refractivity contribution in [2.45, 2.75) is 43.7 Å². The minimum Gasteiger partial charge on any atom is -1.00 e. The van der Waals surface area contributed by atoms with Crippen LogP contribution in [-0.2, 0) is 14.9 Å². The van der Waals surface area contributed by atoms with E-state index in [0.717, 1.165) is 56.6 Å². The number of ether oxygens (including phenoxy) is 1. The van der Waals surface area contributed by atoms with Crippen LogP contribution in [0.1, 0.15) is 37.3 Å². The van der Waals surface area contributed by atoms with E-state index in [1.165, 1.54) is 5.84 Å². The molecule has 1 saturated heterocycles. The number of amides is 1. The molecule has 2 fully saturated rings. The third-order valence-corrected chi connectivity index (χ3v) is 7.62. The average Bonchev–Trinajstić information content (AvgIpc) is 3.36. The van der Waals surface area contributed by atoms with Crippen molar-refractivity contribution >= 4 is 11.7 Å². The Balaban J connectivity index is 0.00000245. The number of primary amides is 1. The Morgan fingerprint density at radius 2 is 1.69 bits per heavy atom. The molecule has 0 aromatic heterocycles. The van der Waals surface area contributed by atoms with Crippen LogP contribution in [0.5, 0.6) is 0 Å². The summed E-state index contributed by atoms with van der Waals surface area (Å²) in [5, 5.41) is 0. The molecule has 1 aliphatic carbocycles. The maximum Gasteiger partial charge on any atom is 0.244 e. The normalized spacial score (nSPS) is 25.0. The predicted octanol–water partition coefficient (Wildman–Crippen LogP) is -0.224. The van der Waals surface area contributed by atoms with E-state index >= 15 is 0 Å². The fraction of sp³-hybridized carbons (Fsp3) is 0.462. The molecule has 1 amide bonds. The van der Waals surface area contributed by atoms with Gasteiger partial charge < -0.3 is 27.5 Å². The summed E-state index contributed by atoms with van der Waals surface area (Å²) in [6.45, 7) is 6.24. The molecule has 2 aromatic rings. The Hall–Kier alpha value is -2.18. The van der Waals surface area contributed by atoms with Crippen molar-refractivity contribution in [1.82, 2.24) is 4.90 Å². The van der Waals surface area contributed by atoms with Gasteiger partial charge >= 0.3 is 0 Å². The molecule has 2 aromatic carbocycles. The van der Waals surface area contributed by atoms with E-state index in [-0.39, 0.29) is 28.8 Å². The molecule has 5 rings (SSSR count). The molecule has 6 heteroatoms. The van der Waals surface area contributed by atoms with Gasteiger partial charge in [0, 0.05) is 6.92 Å². The van der Waals surface area contributed by atoms with Gasteiger partial charge in [0.1, 0.15) is 31.2 Å². The van der Waals surface area contributed by atoms with Crippen molar-refractivity contribution < 1.29 is 31.1 Å². The first-order valence-corrected chi connectivity index (χ1v) is 11.5. The number of hydrogen-bond donors (Lipinski definition) is 1. The van der Waals surface area contributed by atoms with Crippen molar-refractivity contribution in [2.24, 2.45) is 11.7 Å². The first-order valence-electron chi connectivity index (χ1n) is 11.5. The van der Waals surface area contributed by atoms with E-state index < -0.39 is 5.41 Å². The molecule has 2 aliphatic heterocycles. The number of halogens is 1. The van der Waals surface area contributed by atoms with Crippen LogP contribution in [0, 0.1) is 5.92 Å². The molecule has 0 bridgehead atoms. The van der Waals surface area contributed by atoms with Crippen molar-refractivity contribution in [1.29, 1.82) is 0 Å². The lowest BCUT2D eigenvalue weighted by atomic mass is 9.64. The SMILES string of the molecule is CC1=[N+](CC2CO2)CCN1C1CCC(C(C(N)=O)(c2ccccc2)c2ccccc2)C1.[Br-]. The molecule has 3 unspecified atom stereocenters. The predicted molar refractivity (Wildman–Crippen MR) is 121 cm³/mol. The Morgan fingerprint density at radius 3 is 2.22 bits per heavy atom. The number of carbonyl (C=O) groups is 1. The van der Waals surface area contributed by atoms with Gasteiger partial charge in [-0.05, 0) is 36.3 Å². The Kier molecular flexibility index (Phi) is 6.72. The van der Waals surface area contributed by atoms with Crippen LogP contribution in [0.15, 0.2) is 60.7 Å². The number of amidine groups is 1. The van der Waals surface area contributed by atoms with Gasteiger partial charge in [0.25, 0.3) is 0 Å². The number of rotatable bonds is 7. The number of nitrogens with two attached hydrogens (primary N) is 1. The summed E-state index contributed by atoms with van der Waals surface area (Å²) in [5.74, 6) is 1.28. The van der Waals surface area contributed by atoms with Crippen molar-refractivity contribution in [3.63, 3.8) is 0 Å². The largest absolute Gasteiger partial charge is 1.00 e. The second-order valence-electron chi connectivity index (χ2n) is 9.21. The molecule has 1 saturated carbocycles. The van der Waals surface area contributed by atoms with E-state index in [1.807, 2.05) is 36.4 Å². The summed E-state index contributed by atoms with van der Waals surface area (Å²) < 4.78 is 7.90. The quantitative estimate of drug-likeness (QED) is 0.424. The lowest BCUT2D eigenvalue weighted by Crippen LogP contribution is -3.00. The van der Waals surface area contributed by atoms with Gasteiger partial charge in [-0.3, -0.25) is 14.3 Å². The standard InChI is InChI=1S/C26H31N3O2.BrH/c1-19-28(17-24-18-31-24)14-15-29(19)23-13-12-22(16-23)26(25(27)30,20-8-4-2-5-9-20)21-10-6-3-7-11-21;/h2-11,22-24H,12-18H2,1H3,(H-,27,30);1H. The summed E-state index contributed by atoms with van der Waals surface area (Å²) in [6, 6.07) is 20.8. The van der Waals surface area contributed by atoms with Gasteiger partial charge in [-0.1, -0.05) is 60.7 Å². The van der Waals surface area contributed by atoms with E-state index in [2.05, 4.69) is 40.7 Å². The van der Waals surface area contributed by atoms with Crippen molar-refractivity contribution in [3.8, 4) is 0 Å². The first kappa shape index (κ1) is 23.0. The molecule has 2 heterocycles. The summed E-state index contributed by atoms with van der Waals surface area (Å²) in [7, 11) is 0. The third kappa shape index (κ3) is 3.99. The Labute approximate surface area is 201 Å². The summed E-state index contributed by atoms with van der Waals surface area (Å²) in [4.78, 5) is 15.8. The summed E-state index contributed by atoms with van der Waals surface area (Å²) in [6.07, 6.45) is 3.46. The van der Waals surface area contributed by atoms with Gasteiger partial charge in [0.2, 0.25) is 11.7 Å². The Bertz CT molecular complexity index is 936. The van der Waals surface area contributed by atoms with E-state index in [0.29, 0.717) is 12.1 Å². The molecule has 5 nitrogen and oxygen atoms in total. The van der Waals surface area contributed by atoms with E-state index in [1.54, 1.807) is 0 Å². The zero-order valence-electron chi connectivity index (χ0n) is 18.6. The molecule has 32 heavy (non-hydrogen) atoms. The van der Waals surface area contributed by atoms with E-state index in [9.17, 15) is 4.79 Å². The van der Waals surface area contributed by atoms with Crippen LogP contribution in [-0.4, -0.2) is 59.6 Å². The smallest absolute Gasteiger partial charge is 0.244 e. The van der Waals surface area contributed by atoms with Crippen LogP contribution in [0.3, 0.4) is 0 Å². The lowest BCUT2D eigenvalue weighted by Gasteiger charge is -2.37. The van der Waals surface area contributed by atoms with Crippen LogP contribution in [0.4, 0.5) is 0 Å². The molecule has 3 atom stereocenters. The second-order valence-corrected chi connectivity index (χ2v) is 9.21. The number of benzene rings is 2. The van der Waals surface area contributed by atoms with Gasteiger partial charge in [-0.15, -0.1) is 0 Å². The van der Waals surface area contributed by atoms with Gasteiger partial charge in [0.15, 0.2) is 0 Å². The summed E-state index contributed by atoms with van der Waals surface area (Å²) >= 11 is 0. The third-order valence-electron chi connectivity index (χ3n) is 7.62. The molecule has 3 aliphatic rings.